The number of carbonyl (C=O) groups is 1. The van der Waals surface area contributed by atoms with Gasteiger partial charge in [-0.1, -0.05) is 0 Å². The molecule has 0 bridgehead atoms. The quantitative estimate of drug-likeness (QED) is 0.786. The third-order valence-electron chi connectivity index (χ3n) is 3.29. The summed E-state index contributed by atoms with van der Waals surface area (Å²) in [6, 6.07) is 10.6. The van der Waals surface area contributed by atoms with E-state index in [1.54, 1.807) is 28.8 Å². The normalized spacial score (nSPS) is 10.4. The summed E-state index contributed by atoms with van der Waals surface area (Å²) < 4.78 is 1.64. The average Bonchev–Trinajstić information content (AvgIpc) is 2.92. The number of nitrogens with zero attached hydrogens (tertiary/aromatic N) is 4. The first-order chi connectivity index (χ1) is 10.6. The molecular weight excluding hydrogens is 278 g/mol. The lowest BCUT2D eigenvalue weighted by molar-refractivity contribution is 0.102. The number of aromatic nitrogens is 3. The Morgan fingerprint density at radius 3 is 2.68 bits per heavy atom. The van der Waals surface area contributed by atoms with Crippen LogP contribution in [0.2, 0.25) is 0 Å². The molecule has 0 saturated carbocycles. The summed E-state index contributed by atoms with van der Waals surface area (Å²) in [4.78, 5) is 16.8. The predicted octanol–water partition coefficient (Wildman–Crippen LogP) is 2.47. The van der Waals surface area contributed by atoms with E-state index >= 15 is 0 Å². The number of rotatable bonds is 2. The number of fused-ring (bicyclic) bond motifs is 1. The molecule has 0 aliphatic heterocycles. The van der Waals surface area contributed by atoms with Gasteiger partial charge in [0.1, 0.15) is 5.56 Å². The van der Waals surface area contributed by atoms with Gasteiger partial charge < -0.3 is 5.32 Å². The van der Waals surface area contributed by atoms with E-state index in [4.69, 9.17) is 5.26 Å². The summed E-state index contributed by atoms with van der Waals surface area (Å²) in [5.41, 5.74) is 3.85. The van der Waals surface area contributed by atoms with Crippen molar-refractivity contribution in [3.8, 4) is 6.07 Å². The molecule has 0 saturated heterocycles. The van der Waals surface area contributed by atoms with Crippen LogP contribution in [0, 0.1) is 25.2 Å². The molecule has 1 aromatic carbocycles. The molecule has 0 radical (unpaired) electrons. The van der Waals surface area contributed by atoms with Gasteiger partial charge >= 0.3 is 0 Å². The zero-order valence-electron chi connectivity index (χ0n) is 12.2. The van der Waals surface area contributed by atoms with E-state index in [2.05, 4.69) is 15.4 Å². The Morgan fingerprint density at radius 2 is 2.00 bits per heavy atom. The van der Waals surface area contributed by atoms with Gasteiger partial charge in [0.25, 0.3) is 5.91 Å². The van der Waals surface area contributed by atoms with Crippen LogP contribution in [0.25, 0.3) is 5.65 Å². The van der Waals surface area contributed by atoms with Crippen LogP contribution in [-0.2, 0) is 0 Å². The molecule has 3 rings (SSSR count). The molecule has 0 atom stereocenters. The van der Waals surface area contributed by atoms with Gasteiger partial charge in [0, 0.05) is 17.1 Å². The molecule has 2 heterocycles. The summed E-state index contributed by atoms with van der Waals surface area (Å²) >= 11 is 0. The molecule has 1 amide bonds. The van der Waals surface area contributed by atoms with Crippen molar-refractivity contribution in [1.82, 2.24) is 14.6 Å². The fourth-order valence-electron chi connectivity index (χ4n) is 2.26. The van der Waals surface area contributed by atoms with Gasteiger partial charge in [-0.2, -0.15) is 10.4 Å². The third kappa shape index (κ3) is 2.40. The van der Waals surface area contributed by atoms with Crippen LogP contribution in [-0.4, -0.2) is 20.5 Å². The van der Waals surface area contributed by atoms with Gasteiger partial charge in [-0.05, 0) is 44.2 Å². The van der Waals surface area contributed by atoms with Crippen LogP contribution in [0.3, 0.4) is 0 Å². The lowest BCUT2D eigenvalue weighted by Crippen LogP contribution is -2.12. The van der Waals surface area contributed by atoms with E-state index in [-0.39, 0.29) is 5.91 Å². The van der Waals surface area contributed by atoms with Crippen molar-refractivity contribution in [3.63, 3.8) is 0 Å². The maximum Gasteiger partial charge on any atom is 0.261 e. The number of hydrogen-bond donors (Lipinski definition) is 1. The van der Waals surface area contributed by atoms with Crippen molar-refractivity contribution < 1.29 is 4.79 Å². The van der Waals surface area contributed by atoms with Gasteiger partial charge in [-0.3, -0.25) is 4.79 Å². The Labute approximate surface area is 127 Å². The molecule has 6 heteroatoms. The second kappa shape index (κ2) is 5.30. The van der Waals surface area contributed by atoms with Crippen molar-refractivity contribution in [1.29, 1.82) is 5.26 Å². The number of carbonyl (C=O) groups excluding carboxylic acids is 1. The zero-order valence-corrected chi connectivity index (χ0v) is 12.2. The summed E-state index contributed by atoms with van der Waals surface area (Å²) in [6.07, 6.45) is 1.51. The Hall–Kier alpha value is -3.20. The van der Waals surface area contributed by atoms with Crippen molar-refractivity contribution in [2.24, 2.45) is 0 Å². The Kier molecular flexibility index (Phi) is 3.31. The third-order valence-corrected chi connectivity index (χ3v) is 3.29. The fourth-order valence-corrected chi connectivity index (χ4v) is 2.26. The molecule has 108 valence electrons. The molecule has 1 N–H and O–H groups in total. The number of aryl methyl sites for hydroxylation is 2. The van der Waals surface area contributed by atoms with Gasteiger partial charge in [0.15, 0.2) is 5.65 Å². The van der Waals surface area contributed by atoms with Crippen molar-refractivity contribution in [2.75, 3.05) is 5.32 Å². The lowest BCUT2D eigenvalue weighted by atomic mass is 10.2. The smallest absolute Gasteiger partial charge is 0.261 e. The molecule has 2 aromatic heterocycles. The minimum absolute atomic E-state index is 0.280. The lowest BCUT2D eigenvalue weighted by Gasteiger charge is -2.05. The number of nitrogens with one attached hydrogen (secondary N) is 1. The van der Waals surface area contributed by atoms with Crippen molar-refractivity contribution >= 4 is 17.2 Å². The number of benzene rings is 1. The minimum Gasteiger partial charge on any atom is -0.322 e. The maximum atomic E-state index is 12.4. The van der Waals surface area contributed by atoms with E-state index in [1.807, 2.05) is 26.0 Å². The summed E-state index contributed by atoms with van der Waals surface area (Å²) in [5.74, 6) is -0.280. The molecule has 0 aliphatic rings. The van der Waals surface area contributed by atoms with Crippen LogP contribution in [0.5, 0.6) is 0 Å². The van der Waals surface area contributed by atoms with Gasteiger partial charge in [-0.15, -0.1) is 0 Å². The van der Waals surface area contributed by atoms with E-state index in [0.717, 1.165) is 11.4 Å². The Morgan fingerprint density at radius 1 is 1.27 bits per heavy atom. The first-order valence-corrected chi connectivity index (χ1v) is 6.72. The van der Waals surface area contributed by atoms with Crippen molar-refractivity contribution in [2.45, 2.75) is 13.8 Å². The number of hydrogen-bond acceptors (Lipinski definition) is 4. The Balaban J connectivity index is 1.93. The van der Waals surface area contributed by atoms with E-state index in [1.165, 1.54) is 6.20 Å². The molecule has 3 aromatic rings. The van der Waals surface area contributed by atoms with Gasteiger partial charge in [-0.25, -0.2) is 9.50 Å². The first kappa shape index (κ1) is 13.8. The van der Waals surface area contributed by atoms with Crippen LogP contribution >= 0.6 is 0 Å². The standard InChI is InChI=1S/C16H13N5O/c1-10-7-11(2)21-15(19-10)14(9-18-21)16(22)20-13-5-3-12(8-17)4-6-13/h3-7,9H,1-2H3,(H,20,22). The first-order valence-electron chi connectivity index (χ1n) is 6.72. The highest BCUT2D eigenvalue weighted by Gasteiger charge is 2.15. The van der Waals surface area contributed by atoms with Gasteiger partial charge in [0.2, 0.25) is 0 Å². The monoisotopic (exact) mass is 291 g/mol. The van der Waals surface area contributed by atoms with Gasteiger partial charge in [0.05, 0.1) is 17.8 Å². The predicted molar refractivity (Wildman–Crippen MR) is 81.6 cm³/mol. The molecule has 0 unspecified atom stereocenters. The number of amides is 1. The van der Waals surface area contributed by atoms with Crippen LogP contribution in [0.4, 0.5) is 5.69 Å². The second-order valence-corrected chi connectivity index (χ2v) is 4.98. The zero-order chi connectivity index (χ0) is 15.7. The highest BCUT2D eigenvalue weighted by Crippen LogP contribution is 2.15. The average molecular weight is 291 g/mol. The van der Waals surface area contributed by atoms with E-state index in [9.17, 15) is 4.79 Å². The fraction of sp³-hybridized carbons (Fsp3) is 0.125. The van der Waals surface area contributed by atoms with Crippen molar-refractivity contribution in [3.05, 3.63) is 59.0 Å². The number of nitriles is 1. The molecular formula is C16H13N5O. The van der Waals surface area contributed by atoms with E-state index in [0.29, 0.717) is 22.5 Å². The largest absolute Gasteiger partial charge is 0.322 e. The molecule has 22 heavy (non-hydrogen) atoms. The van der Waals surface area contributed by atoms with Crippen LogP contribution < -0.4 is 5.32 Å². The maximum absolute atomic E-state index is 12.4. The Bertz CT molecular complexity index is 903. The molecule has 0 spiro atoms. The number of anilines is 1. The highest BCUT2D eigenvalue weighted by molar-refractivity contribution is 6.08. The minimum atomic E-state index is -0.280. The topological polar surface area (TPSA) is 83.1 Å². The molecule has 6 nitrogen and oxygen atoms in total. The SMILES string of the molecule is Cc1cc(C)n2ncc(C(=O)Nc3ccc(C#N)cc3)c2n1. The van der Waals surface area contributed by atoms with Crippen LogP contribution in [0.1, 0.15) is 27.3 Å². The molecule has 0 aliphatic carbocycles. The summed E-state index contributed by atoms with van der Waals surface area (Å²) in [7, 11) is 0. The highest BCUT2D eigenvalue weighted by atomic mass is 16.1. The second-order valence-electron chi connectivity index (χ2n) is 4.98. The summed E-state index contributed by atoms with van der Waals surface area (Å²) in [6.45, 7) is 3.79. The van der Waals surface area contributed by atoms with Crippen LogP contribution in [0.15, 0.2) is 36.5 Å². The van der Waals surface area contributed by atoms with E-state index < -0.39 is 0 Å². The molecule has 0 fully saturated rings. The summed E-state index contributed by atoms with van der Waals surface area (Å²) in [5, 5.41) is 15.8.